The van der Waals surface area contributed by atoms with E-state index in [-0.39, 0.29) is 18.8 Å². The van der Waals surface area contributed by atoms with Crippen molar-refractivity contribution in [1.29, 1.82) is 0 Å². The van der Waals surface area contributed by atoms with Crippen molar-refractivity contribution in [1.82, 2.24) is 10.6 Å². The van der Waals surface area contributed by atoms with Crippen LogP contribution in [0.15, 0.2) is 59.6 Å². The number of rotatable bonds is 8. The van der Waals surface area contributed by atoms with Gasteiger partial charge in [-0.05, 0) is 37.1 Å². The molecule has 0 spiro atoms. The molecule has 158 valence electrons. The van der Waals surface area contributed by atoms with Gasteiger partial charge in [0.05, 0.1) is 13.1 Å². The van der Waals surface area contributed by atoms with Crippen LogP contribution in [-0.4, -0.2) is 36.9 Å². The topological polar surface area (TPSA) is 65.9 Å². The fraction of sp³-hybridized carbons (Fsp3) is 0.381. The zero-order chi connectivity index (χ0) is 21.3. The molecule has 8 heteroatoms. The van der Waals surface area contributed by atoms with Gasteiger partial charge in [0.15, 0.2) is 12.6 Å². The lowest BCUT2D eigenvalue weighted by atomic mass is 9.96. The summed E-state index contributed by atoms with van der Waals surface area (Å²) in [4.78, 5) is 4.44. The lowest BCUT2D eigenvalue weighted by Gasteiger charge is -2.25. The molecular weight excluding hydrogens is 383 g/mol. The molecule has 2 aromatic rings. The molecule has 0 saturated heterocycles. The van der Waals surface area contributed by atoms with Gasteiger partial charge >= 0.3 is 6.18 Å². The summed E-state index contributed by atoms with van der Waals surface area (Å²) in [6.45, 7) is 3.38. The van der Waals surface area contributed by atoms with Crippen molar-refractivity contribution < 1.29 is 23.0 Å². The van der Waals surface area contributed by atoms with E-state index in [4.69, 9.17) is 4.74 Å². The Kier molecular flexibility index (Phi) is 7.90. The van der Waals surface area contributed by atoms with E-state index in [2.05, 4.69) is 15.6 Å². The number of alkyl halides is 3. The van der Waals surface area contributed by atoms with Gasteiger partial charge in [-0.1, -0.05) is 42.5 Å². The Bertz CT molecular complexity index is 793. The number of hydrogen-bond acceptors (Lipinski definition) is 3. The highest BCUT2D eigenvalue weighted by Crippen LogP contribution is 2.20. The molecule has 2 aromatic carbocycles. The Hall–Kier alpha value is -2.74. The second-order valence-corrected chi connectivity index (χ2v) is 6.74. The molecule has 0 fully saturated rings. The zero-order valence-corrected chi connectivity index (χ0v) is 16.5. The van der Waals surface area contributed by atoms with E-state index >= 15 is 0 Å². The van der Waals surface area contributed by atoms with Gasteiger partial charge < -0.3 is 20.5 Å². The van der Waals surface area contributed by atoms with E-state index in [9.17, 15) is 18.3 Å². The molecule has 1 atom stereocenters. The van der Waals surface area contributed by atoms with Gasteiger partial charge in [0, 0.05) is 6.54 Å². The molecule has 2 rings (SSSR count). The maximum absolute atomic E-state index is 12.3. The van der Waals surface area contributed by atoms with Crippen LogP contribution in [0.5, 0.6) is 5.75 Å². The number of ether oxygens (including phenoxy) is 1. The molecule has 0 aliphatic heterocycles. The van der Waals surface area contributed by atoms with Crippen LogP contribution in [-0.2, 0) is 12.1 Å². The van der Waals surface area contributed by atoms with E-state index in [1.54, 1.807) is 19.1 Å². The molecule has 0 amide bonds. The predicted molar refractivity (Wildman–Crippen MR) is 107 cm³/mol. The van der Waals surface area contributed by atoms with Crippen molar-refractivity contribution in [3.8, 4) is 5.75 Å². The van der Waals surface area contributed by atoms with Crippen LogP contribution in [0.1, 0.15) is 25.0 Å². The van der Waals surface area contributed by atoms with Gasteiger partial charge in [-0.3, -0.25) is 0 Å². The third kappa shape index (κ3) is 8.03. The standard InChI is InChI=1S/C21H26F3N3O2/c1-3-25-19(27-14-20(2,28)17-9-5-4-6-10-17)26-13-16-8-7-11-18(12-16)29-15-21(22,23)24/h4-12,28H,3,13-15H2,1-2H3,(H2,25,26,27). The molecule has 0 bridgehead atoms. The van der Waals surface area contributed by atoms with E-state index in [0.29, 0.717) is 18.1 Å². The number of benzene rings is 2. The summed E-state index contributed by atoms with van der Waals surface area (Å²) in [7, 11) is 0. The maximum Gasteiger partial charge on any atom is 0.422 e. The van der Waals surface area contributed by atoms with Crippen molar-refractivity contribution in [3.05, 3.63) is 65.7 Å². The Morgan fingerprint density at radius 2 is 1.79 bits per heavy atom. The second kappa shape index (κ2) is 10.2. The predicted octanol–water partition coefficient (Wildman–Crippen LogP) is 3.59. The van der Waals surface area contributed by atoms with Crippen LogP contribution in [0.3, 0.4) is 0 Å². The van der Waals surface area contributed by atoms with Gasteiger partial charge in [0.2, 0.25) is 0 Å². The molecule has 1 unspecified atom stereocenters. The second-order valence-electron chi connectivity index (χ2n) is 6.74. The van der Waals surface area contributed by atoms with Gasteiger partial charge in [-0.15, -0.1) is 0 Å². The van der Waals surface area contributed by atoms with Crippen LogP contribution in [0, 0.1) is 0 Å². The number of halogens is 3. The van der Waals surface area contributed by atoms with Crippen LogP contribution in [0.25, 0.3) is 0 Å². The average Bonchev–Trinajstić information content (AvgIpc) is 2.69. The Morgan fingerprint density at radius 3 is 2.45 bits per heavy atom. The normalized spacial score (nSPS) is 14.2. The summed E-state index contributed by atoms with van der Waals surface area (Å²) < 4.78 is 41.7. The summed E-state index contributed by atoms with van der Waals surface area (Å²) in [6, 6.07) is 15.7. The number of guanidine groups is 1. The highest BCUT2D eigenvalue weighted by atomic mass is 19.4. The lowest BCUT2D eigenvalue weighted by Crippen LogP contribution is -2.44. The first-order valence-corrected chi connectivity index (χ1v) is 9.28. The fourth-order valence-electron chi connectivity index (χ4n) is 2.57. The smallest absolute Gasteiger partial charge is 0.422 e. The molecule has 0 aromatic heterocycles. The molecule has 0 aliphatic rings. The van der Waals surface area contributed by atoms with Gasteiger partial charge in [-0.2, -0.15) is 13.2 Å². The number of nitrogens with zero attached hydrogens (tertiary/aromatic N) is 1. The van der Waals surface area contributed by atoms with Crippen LogP contribution >= 0.6 is 0 Å². The van der Waals surface area contributed by atoms with Gasteiger partial charge in [-0.25, -0.2) is 4.99 Å². The molecule has 5 nitrogen and oxygen atoms in total. The average molecular weight is 409 g/mol. The van der Waals surface area contributed by atoms with E-state index in [1.807, 2.05) is 37.3 Å². The zero-order valence-electron chi connectivity index (χ0n) is 16.5. The Balaban J connectivity index is 2.00. The molecule has 0 heterocycles. The van der Waals surface area contributed by atoms with Crippen molar-refractivity contribution in [3.63, 3.8) is 0 Å². The minimum Gasteiger partial charge on any atom is -0.484 e. The first kappa shape index (κ1) is 22.5. The minimum atomic E-state index is -4.38. The number of hydrogen-bond donors (Lipinski definition) is 3. The lowest BCUT2D eigenvalue weighted by molar-refractivity contribution is -0.153. The molecule has 0 saturated carbocycles. The maximum atomic E-state index is 12.3. The van der Waals surface area contributed by atoms with Crippen molar-refractivity contribution in [2.24, 2.45) is 4.99 Å². The van der Waals surface area contributed by atoms with Crippen molar-refractivity contribution in [2.45, 2.75) is 32.2 Å². The molecule has 29 heavy (non-hydrogen) atoms. The van der Waals surface area contributed by atoms with Crippen LogP contribution < -0.4 is 15.4 Å². The summed E-state index contributed by atoms with van der Waals surface area (Å²) in [6.07, 6.45) is -4.38. The van der Waals surface area contributed by atoms with Crippen molar-refractivity contribution in [2.75, 3.05) is 19.7 Å². The van der Waals surface area contributed by atoms with E-state index in [0.717, 1.165) is 5.56 Å². The third-order valence-corrected chi connectivity index (χ3v) is 4.06. The van der Waals surface area contributed by atoms with Crippen LogP contribution in [0.2, 0.25) is 0 Å². The van der Waals surface area contributed by atoms with E-state index < -0.39 is 18.4 Å². The summed E-state index contributed by atoms with van der Waals surface area (Å²) >= 11 is 0. The van der Waals surface area contributed by atoms with E-state index in [1.165, 1.54) is 12.1 Å². The number of nitrogens with one attached hydrogen (secondary N) is 2. The minimum absolute atomic E-state index is 0.139. The summed E-state index contributed by atoms with van der Waals surface area (Å²) in [5, 5.41) is 16.9. The third-order valence-electron chi connectivity index (χ3n) is 4.06. The Morgan fingerprint density at radius 1 is 1.07 bits per heavy atom. The first-order chi connectivity index (χ1) is 13.7. The fourth-order valence-corrected chi connectivity index (χ4v) is 2.57. The number of aliphatic imine (C=N–C) groups is 1. The number of aliphatic hydroxyl groups is 1. The molecule has 0 radical (unpaired) electrons. The van der Waals surface area contributed by atoms with Crippen molar-refractivity contribution >= 4 is 5.96 Å². The summed E-state index contributed by atoms with van der Waals surface area (Å²) in [5.74, 6) is 0.630. The first-order valence-electron chi connectivity index (χ1n) is 9.28. The largest absolute Gasteiger partial charge is 0.484 e. The molecule has 3 N–H and O–H groups in total. The molecule has 0 aliphatic carbocycles. The summed E-state index contributed by atoms with van der Waals surface area (Å²) in [5.41, 5.74) is 0.387. The van der Waals surface area contributed by atoms with Gasteiger partial charge in [0.1, 0.15) is 11.4 Å². The highest BCUT2D eigenvalue weighted by molar-refractivity contribution is 5.79. The van der Waals surface area contributed by atoms with Crippen LogP contribution in [0.4, 0.5) is 13.2 Å². The highest BCUT2D eigenvalue weighted by Gasteiger charge is 2.28. The SMILES string of the molecule is CCNC(=NCc1cccc(OCC(F)(F)F)c1)NCC(C)(O)c1ccccc1. The Labute approximate surface area is 168 Å². The molecular formula is C21H26F3N3O2. The van der Waals surface area contributed by atoms with Gasteiger partial charge in [0.25, 0.3) is 0 Å². The quantitative estimate of drug-likeness (QED) is 0.461. The monoisotopic (exact) mass is 409 g/mol.